The first-order valence-corrected chi connectivity index (χ1v) is 6.96. The Morgan fingerprint density at radius 3 is 2.90 bits per heavy atom. The van der Waals surface area contributed by atoms with E-state index in [1.807, 2.05) is 25.1 Å². The first kappa shape index (κ1) is 14.4. The molecule has 20 heavy (non-hydrogen) atoms. The lowest BCUT2D eigenvalue weighted by Crippen LogP contribution is -2.12. The normalized spacial score (nSPS) is 10.3. The summed E-state index contributed by atoms with van der Waals surface area (Å²) in [6, 6.07) is 7.79. The molecule has 0 aliphatic carbocycles. The zero-order chi connectivity index (χ0) is 14.5. The molecule has 5 heteroatoms. The number of thiocarbonyl (C=S) groups is 1. The van der Waals surface area contributed by atoms with Gasteiger partial charge in [0.2, 0.25) is 0 Å². The van der Waals surface area contributed by atoms with Crippen LogP contribution >= 0.6 is 12.2 Å². The van der Waals surface area contributed by atoms with Gasteiger partial charge in [0.05, 0.1) is 12.2 Å². The number of nitrogens with two attached hydrogens (primary N) is 1. The summed E-state index contributed by atoms with van der Waals surface area (Å²) in [6.45, 7) is 4.68. The van der Waals surface area contributed by atoms with Crippen LogP contribution in [-0.2, 0) is 13.0 Å². The third-order valence-corrected chi connectivity index (χ3v) is 3.28. The zero-order valence-corrected chi connectivity index (χ0v) is 12.5. The summed E-state index contributed by atoms with van der Waals surface area (Å²) < 4.78 is 0. The molecule has 2 aromatic rings. The maximum atomic E-state index is 5.67. The lowest BCUT2D eigenvalue weighted by molar-refractivity contribution is 0.962. The topological polar surface area (TPSA) is 63.8 Å². The Morgan fingerprint density at radius 2 is 2.20 bits per heavy atom. The van der Waals surface area contributed by atoms with Gasteiger partial charge >= 0.3 is 0 Å². The summed E-state index contributed by atoms with van der Waals surface area (Å²) >= 11 is 5.01. The van der Waals surface area contributed by atoms with Crippen LogP contribution in [0.25, 0.3) is 0 Å². The van der Waals surface area contributed by atoms with Gasteiger partial charge in [-0.15, -0.1) is 0 Å². The molecule has 4 nitrogen and oxygen atoms in total. The predicted octanol–water partition coefficient (Wildman–Crippen LogP) is 2.59. The van der Waals surface area contributed by atoms with Crippen LogP contribution in [0.1, 0.15) is 29.4 Å². The van der Waals surface area contributed by atoms with E-state index in [0.717, 1.165) is 29.2 Å². The average molecular weight is 286 g/mol. The quantitative estimate of drug-likeness (QED) is 0.827. The number of nitrogens with one attached hydrogen (secondary N) is 1. The second kappa shape index (κ2) is 6.43. The molecule has 0 fully saturated rings. The number of pyridine rings is 2. The molecule has 2 heterocycles. The molecule has 2 rings (SSSR count). The fourth-order valence-electron chi connectivity index (χ4n) is 2.03. The van der Waals surface area contributed by atoms with Gasteiger partial charge in [-0.2, -0.15) is 0 Å². The van der Waals surface area contributed by atoms with E-state index in [1.165, 1.54) is 5.56 Å². The molecule has 0 aromatic carbocycles. The lowest BCUT2D eigenvalue weighted by atomic mass is 10.1. The Morgan fingerprint density at radius 1 is 1.40 bits per heavy atom. The van der Waals surface area contributed by atoms with Gasteiger partial charge in [-0.1, -0.05) is 25.2 Å². The fraction of sp³-hybridized carbons (Fsp3) is 0.267. The molecule has 0 atom stereocenters. The molecule has 0 amide bonds. The Balaban J connectivity index is 2.16. The predicted molar refractivity (Wildman–Crippen MR) is 85.8 cm³/mol. The molecule has 0 aliphatic heterocycles. The zero-order valence-electron chi connectivity index (χ0n) is 11.7. The summed E-state index contributed by atoms with van der Waals surface area (Å²) in [5.74, 6) is 0.764. The molecule has 2 aromatic heterocycles. The molecule has 104 valence electrons. The van der Waals surface area contributed by atoms with Crippen molar-refractivity contribution in [2.24, 2.45) is 5.73 Å². The highest BCUT2D eigenvalue weighted by Gasteiger charge is 2.05. The van der Waals surface area contributed by atoms with Crippen molar-refractivity contribution < 1.29 is 0 Å². The third-order valence-electron chi connectivity index (χ3n) is 3.04. The summed E-state index contributed by atoms with van der Waals surface area (Å²) in [5, 5.41) is 3.28. The minimum atomic E-state index is 0.380. The summed E-state index contributed by atoms with van der Waals surface area (Å²) in [5.41, 5.74) is 9.65. The molecule has 3 N–H and O–H groups in total. The molecular weight excluding hydrogens is 268 g/mol. The van der Waals surface area contributed by atoms with E-state index in [4.69, 9.17) is 18.0 Å². The van der Waals surface area contributed by atoms with Crippen LogP contribution in [0.4, 0.5) is 5.82 Å². The number of rotatable bonds is 5. The second-order valence-corrected chi connectivity index (χ2v) is 5.00. The van der Waals surface area contributed by atoms with Crippen molar-refractivity contribution in [2.45, 2.75) is 26.8 Å². The van der Waals surface area contributed by atoms with Crippen molar-refractivity contribution in [1.29, 1.82) is 0 Å². The summed E-state index contributed by atoms with van der Waals surface area (Å²) in [7, 11) is 0. The smallest absolute Gasteiger partial charge is 0.127 e. The van der Waals surface area contributed by atoms with Gasteiger partial charge < -0.3 is 11.1 Å². The van der Waals surface area contributed by atoms with Crippen LogP contribution in [0.5, 0.6) is 0 Å². The van der Waals surface area contributed by atoms with E-state index < -0.39 is 0 Å². The van der Waals surface area contributed by atoms with Crippen molar-refractivity contribution in [3.63, 3.8) is 0 Å². The minimum Gasteiger partial charge on any atom is -0.389 e. The largest absolute Gasteiger partial charge is 0.389 e. The van der Waals surface area contributed by atoms with E-state index in [1.54, 1.807) is 6.20 Å². The van der Waals surface area contributed by atoms with Crippen molar-refractivity contribution in [3.8, 4) is 0 Å². The van der Waals surface area contributed by atoms with Gasteiger partial charge in [-0.05, 0) is 37.1 Å². The molecular formula is C15H18N4S. The third kappa shape index (κ3) is 3.51. The Bertz CT molecular complexity index is 625. The highest BCUT2D eigenvalue weighted by atomic mass is 32.1. The Kier molecular flexibility index (Phi) is 4.63. The molecule has 0 aliphatic rings. The molecule has 0 saturated carbocycles. The second-order valence-electron chi connectivity index (χ2n) is 4.56. The van der Waals surface area contributed by atoms with Gasteiger partial charge in [0.25, 0.3) is 0 Å². The fourth-order valence-corrected chi connectivity index (χ4v) is 2.15. The maximum Gasteiger partial charge on any atom is 0.127 e. The Labute approximate surface area is 124 Å². The van der Waals surface area contributed by atoms with Gasteiger partial charge in [0.15, 0.2) is 0 Å². The standard InChI is InChI=1S/C15H18N4S/c1-3-11-5-4-6-17-13(11)9-18-14-8-12(15(16)20)7-10(2)19-14/h4-8H,3,9H2,1-2H3,(H2,16,20)(H,18,19). The van der Waals surface area contributed by atoms with E-state index in [-0.39, 0.29) is 0 Å². The number of aromatic nitrogens is 2. The molecule has 0 bridgehead atoms. The van der Waals surface area contributed by atoms with E-state index >= 15 is 0 Å². The number of hydrogen-bond acceptors (Lipinski definition) is 4. The SMILES string of the molecule is CCc1cccnc1CNc1cc(C(N)=S)cc(C)n1. The van der Waals surface area contributed by atoms with Gasteiger partial charge in [0.1, 0.15) is 10.8 Å². The number of anilines is 1. The highest BCUT2D eigenvalue weighted by molar-refractivity contribution is 7.80. The minimum absolute atomic E-state index is 0.380. The van der Waals surface area contributed by atoms with Crippen LogP contribution in [0.15, 0.2) is 30.5 Å². The first-order valence-electron chi connectivity index (χ1n) is 6.55. The van der Waals surface area contributed by atoms with Crippen LogP contribution < -0.4 is 11.1 Å². The van der Waals surface area contributed by atoms with E-state index in [0.29, 0.717) is 11.5 Å². The molecule has 0 unspecified atom stereocenters. The summed E-state index contributed by atoms with van der Waals surface area (Å²) in [4.78, 5) is 9.22. The van der Waals surface area contributed by atoms with Gasteiger partial charge in [0, 0.05) is 17.5 Å². The first-order chi connectivity index (χ1) is 9.60. The van der Waals surface area contributed by atoms with Crippen LogP contribution in [0.3, 0.4) is 0 Å². The monoisotopic (exact) mass is 286 g/mol. The van der Waals surface area contributed by atoms with Crippen LogP contribution in [-0.4, -0.2) is 15.0 Å². The van der Waals surface area contributed by atoms with Gasteiger partial charge in [-0.25, -0.2) is 4.98 Å². The number of nitrogens with zero attached hydrogens (tertiary/aromatic N) is 2. The lowest BCUT2D eigenvalue weighted by Gasteiger charge is -2.10. The molecule has 0 saturated heterocycles. The number of hydrogen-bond donors (Lipinski definition) is 2. The summed E-state index contributed by atoms with van der Waals surface area (Å²) in [6.07, 6.45) is 2.77. The van der Waals surface area contributed by atoms with Gasteiger partial charge in [-0.3, -0.25) is 4.98 Å². The van der Waals surface area contributed by atoms with Crippen LogP contribution in [0, 0.1) is 6.92 Å². The molecule has 0 spiro atoms. The van der Waals surface area contributed by atoms with E-state index in [2.05, 4.69) is 28.3 Å². The Hall–Kier alpha value is -2.01. The van der Waals surface area contributed by atoms with Crippen molar-refractivity contribution in [3.05, 3.63) is 53.0 Å². The van der Waals surface area contributed by atoms with Crippen molar-refractivity contribution in [2.75, 3.05) is 5.32 Å². The number of aryl methyl sites for hydroxylation is 2. The highest BCUT2D eigenvalue weighted by Crippen LogP contribution is 2.13. The van der Waals surface area contributed by atoms with Crippen molar-refractivity contribution >= 4 is 23.0 Å². The van der Waals surface area contributed by atoms with Crippen LogP contribution in [0.2, 0.25) is 0 Å². The van der Waals surface area contributed by atoms with Crippen molar-refractivity contribution in [1.82, 2.24) is 9.97 Å². The maximum absolute atomic E-state index is 5.67. The average Bonchev–Trinajstić information content (AvgIpc) is 2.44. The van der Waals surface area contributed by atoms with E-state index in [9.17, 15) is 0 Å². The molecule has 0 radical (unpaired) electrons.